The van der Waals surface area contributed by atoms with Crippen LogP contribution in [0.1, 0.15) is 34.1 Å². The van der Waals surface area contributed by atoms with E-state index in [-0.39, 0.29) is 45.6 Å². The molecule has 232 valence electrons. The van der Waals surface area contributed by atoms with Gasteiger partial charge in [-0.15, -0.1) is 0 Å². The summed E-state index contributed by atoms with van der Waals surface area (Å²) in [6, 6.07) is 9.27. The minimum absolute atomic E-state index is 0.00762. The first-order valence-electron chi connectivity index (χ1n) is 12.8. The topological polar surface area (TPSA) is 127 Å². The second kappa shape index (κ2) is 12.1. The first kappa shape index (κ1) is 32.1. The van der Waals surface area contributed by atoms with Crippen LogP contribution in [0.25, 0.3) is 22.2 Å². The van der Waals surface area contributed by atoms with E-state index in [4.69, 9.17) is 10.5 Å². The number of hydrogen-bond donors (Lipinski definition) is 3. The minimum atomic E-state index is -5.46. The number of nitrogens with zero attached hydrogens (tertiary/aromatic N) is 2. The summed E-state index contributed by atoms with van der Waals surface area (Å²) in [6.45, 7) is 0.0607. The van der Waals surface area contributed by atoms with Crippen LogP contribution in [0.3, 0.4) is 0 Å². The van der Waals surface area contributed by atoms with Gasteiger partial charge in [-0.2, -0.15) is 26.3 Å². The molecule has 1 atom stereocenters. The van der Waals surface area contributed by atoms with Gasteiger partial charge in [-0.1, -0.05) is 0 Å². The zero-order valence-corrected chi connectivity index (χ0v) is 22.7. The number of aliphatic hydroxyl groups is 1. The third kappa shape index (κ3) is 6.72. The molecule has 8 nitrogen and oxygen atoms in total. The Bertz CT molecular complexity index is 1710. The Morgan fingerprint density at radius 1 is 1.00 bits per heavy atom. The summed E-state index contributed by atoms with van der Waals surface area (Å²) in [5.74, 6) is -2.89. The molecule has 44 heavy (non-hydrogen) atoms. The molecule has 0 aliphatic carbocycles. The highest BCUT2D eigenvalue weighted by Gasteiger charge is 2.56. The van der Waals surface area contributed by atoms with Crippen molar-refractivity contribution in [3.63, 3.8) is 0 Å². The molecule has 2 aromatic heterocycles. The number of halogens is 7. The summed E-state index contributed by atoms with van der Waals surface area (Å²) < 4.78 is 102. The smallest absolute Gasteiger partial charge is 0.424 e. The molecule has 0 saturated heterocycles. The molecule has 0 aliphatic heterocycles. The fraction of sp³-hybridized carbons (Fsp3) is 0.241. The summed E-state index contributed by atoms with van der Waals surface area (Å²) in [6.07, 6.45) is -10.2. The molecule has 0 unspecified atom stereocenters. The molecule has 0 saturated carbocycles. The molecule has 4 N–H and O–H groups in total. The highest BCUT2D eigenvalue weighted by molar-refractivity contribution is 5.98. The maximum absolute atomic E-state index is 14.5. The number of alkyl halides is 6. The van der Waals surface area contributed by atoms with Gasteiger partial charge in [-0.05, 0) is 61.5 Å². The maximum atomic E-state index is 14.5. The van der Waals surface area contributed by atoms with Crippen molar-refractivity contribution in [3.8, 4) is 17.0 Å². The standard InChI is InChI=1S/C29H23F7N4O4/c1-2-44-25-18(12-23(37)41)11-22(40-24(25)15-3-6-20(30)7-4-15)27(43,29(34,35)36)14-39-26(42)16-5-8-21-17(9-16)10-19(13-38-21)28(31,32)33/h3-11,13,43H,2,12,14H2,1H3,(H2,37,41)(H,39,42)/t27-/m0/s1. The molecule has 0 bridgehead atoms. The number of ether oxygens (including phenoxy) is 1. The summed E-state index contributed by atoms with van der Waals surface area (Å²) in [5, 5.41) is 12.9. The molecule has 2 amide bonds. The molecule has 0 spiro atoms. The summed E-state index contributed by atoms with van der Waals surface area (Å²) in [7, 11) is 0. The molecule has 0 radical (unpaired) electrons. The SMILES string of the molecule is CCOc1c(CC(N)=O)cc([C@@](O)(CNC(=O)c2ccc3ncc(C(F)(F)F)cc3c2)C(F)(F)F)nc1-c1ccc(F)cc1. The monoisotopic (exact) mass is 624 g/mol. The first-order valence-corrected chi connectivity index (χ1v) is 12.8. The van der Waals surface area contributed by atoms with Gasteiger partial charge in [0, 0.05) is 28.3 Å². The predicted octanol–water partition coefficient (Wildman–Crippen LogP) is 5.06. The van der Waals surface area contributed by atoms with E-state index in [1.54, 1.807) is 6.92 Å². The number of primary amides is 1. The van der Waals surface area contributed by atoms with Gasteiger partial charge in [0.25, 0.3) is 5.91 Å². The molecule has 15 heteroatoms. The van der Waals surface area contributed by atoms with Crippen LogP contribution in [-0.2, 0) is 23.0 Å². The van der Waals surface area contributed by atoms with Crippen molar-refractivity contribution in [1.29, 1.82) is 0 Å². The Balaban J connectivity index is 1.77. The van der Waals surface area contributed by atoms with E-state index < -0.39 is 59.8 Å². The molecule has 0 aliphatic rings. The second-order valence-corrected chi connectivity index (χ2v) is 9.60. The number of nitrogens with two attached hydrogens (primary N) is 1. The fourth-order valence-electron chi connectivity index (χ4n) is 4.30. The number of pyridine rings is 2. The average molecular weight is 625 g/mol. The first-order chi connectivity index (χ1) is 20.5. The Kier molecular flexibility index (Phi) is 8.81. The number of carbonyl (C=O) groups excluding carboxylic acids is 2. The van der Waals surface area contributed by atoms with Gasteiger partial charge in [-0.25, -0.2) is 9.37 Å². The molecular formula is C29H23F7N4O4. The molecular weight excluding hydrogens is 601 g/mol. The van der Waals surface area contributed by atoms with Crippen molar-refractivity contribution in [2.45, 2.75) is 31.3 Å². The number of carbonyl (C=O) groups is 2. The highest BCUT2D eigenvalue weighted by atomic mass is 19.4. The molecule has 4 aromatic rings. The third-order valence-electron chi connectivity index (χ3n) is 6.49. The van der Waals surface area contributed by atoms with Crippen LogP contribution < -0.4 is 15.8 Å². The number of aromatic nitrogens is 2. The lowest BCUT2D eigenvalue weighted by atomic mass is 9.93. The van der Waals surface area contributed by atoms with Crippen molar-refractivity contribution in [2.75, 3.05) is 13.2 Å². The zero-order valence-electron chi connectivity index (χ0n) is 22.7. The summed E-state index contributed by atoms with van der Waals surface area (Å²) in [5.41, 5.74) is -1.26. The fourth-order valence-corrected chi connectivity index (χ4v) is 4.30. The lowest BCUT2D eigenvalue weighted by molar-refractivity contribution is -0.265. The largest absolute Gasteiger partial charge is 0.491 e. The number of amides is 2. The third-order valence-corrected chi connectivity index (χ3v) is 6.49. The normalized spacial score (nSPS) is 13.4. The molecule has 2 aromatic carbocycles. The second-order valence-electron chi connectivity index (χ2n) is 9.60. The Morgan fingerprint density at radius 3 is 2.27 bits per heavy atom. The molecule has 4 rings (SSSR count). The van der Waals surface area contributed by atoms with Crippen LogP contribution in [0.4, 0.5) is 30.7 Å². The Morgan fingerprint density at radius 2 is 1.68 bits per heavy atom. The van der Waals surface area contributed by atoms with E-state index in [9.17, 15) is 45.4 Å². The van der Waals surface area contributed by atoms with Crippen LogP contribution >= 0.6 is 0 Å². The summed E-state index contributed by atoms with van der Waals surface area (Å²) >= 11 is 0. The van der Waals surface area contributed by atoms with Crippen molar-refractivity contribution < 1.29 is 50.2 Å². The van der Waals surface area contributed by atoms with Gasteiger partial charge in [0.2, 0.25) is 11.5 Å². The van der Waals surface area contributed by atoms with Crippen LogP contribution in [0.2, 0.25) is 0 Å². The van der Waals surface area contributed by atoms with Crippen LogP contribution in [0.5, 0.6) is 5.75 Å². The number of nitrogens with one attached hydrogen (secondary N) is 1. The zero-order chi connectivity index (χ0) is 32.4. The summed E-state index contributed by atoms with van der Waals surface area (Å²) in [4.78, 5) is 32.3. The van der Waals surface area contributed by atoms with Crippen molar-refractivity contribution in [3.05, 3.63) is 89.0 Å². The number of hydrogen-bond acceptors (Lipinski definition) is 6. The average Bonchev–Trinajstić information content (AvgIpc) is 2.95. The van der Waals surface area contributed by atoms with Gasteiger partial charge in [0.1, 0.15) is 17.3 Å². The Hall–Kier alpha value is -4.79. The van der Waals surface area contributed by atoms with E-state index >= 15 is 0 Å². The van der Waals surface area contributed by atoms with Crippen LogP contribution in [0, 0.1) is 5.82 Å². The van der Waals surface area contributed by atoms with Crippen molar-refractivity contribution in [1.82, 2.24) is 15.3 Å². The molecule has 2 heterocycles. The number of benzene rings is 2. The van der Waals surface area contributed by atoms with E-state index in [1.807, 2.05) is 5.32 Å². The molecule has 0 fully saturated rings. The van der Waals surface area contributed by atoms with Gasteiger partial charge in [-0.3, -0.25) is 14.6 Å². The van der Waals surface area contributed by atoms with Gasteiger partial charge >= 0.3 is 12.4 Å². The van der Waals surface area contributed by atoms with Crippen LogP contribution in [0.15, 0.2) is 60.8 Å². The van der Waals surface area contributed by atoms with Gasteiger partial charge in [0.15, 0.2) is 0 Å². The van der Waals surface area contributed by atoms with Gasteiger partial charge in [0.05, 0.1) is 36.3 Å². The van der Waals surface area contributed by atoms with Gasteiger partial charge < -0.3 is 20.9 Å². The Labute approximate surface area is 244 Å². The lowest BCUT2D eigenvalue weighted by Gasteiger charge is -2.31. The number of fused-ring (bicyclic) bond motifs is 1. The van der Waals surface area contributed by atoms with Crippen LogP contribution in [-0.4, -0.2) is 46.2 Å². The maximum Gasteiger partial charge on any atom is 0.424 e. The van der Waals surface area contributed by atoms with Crippen molar-refractivity contribution in [2.24, 2.45) is 5.73 Å². The highest BCUT2D eigenvalue weighted by Crippen LogP contribution is 2.42. The van der Waals surface area contributed by atoms with E-state index in [2.05, 4.69) is 9.97 Å². The van der Waals surface area contributed by atoms with Crippen molar-refractivity contribution >= 4 is 22.7 Å². The quantitative estimate of drug-likeness (QED) is 0.224. The van der Waals surface area contributed by atoms with E-state index in [0.717, 1.165) is 36.4 Å². The predicted molar refractivity (Wildman–Crippen MR) is 143 cm³/mol. The lowest BCUT2D eigenvalue weighted by Crippen LogP contribution is -2.51. The van der Waals surface area contributed by atoms with E-state index in [1.165, 1.54) is 18.2 Å². The minimum Gasteiger partial charge on any atom is -0.491 e. The van der Waals surface area contributed by atoms with E-state index in [0.29, 0.717) is 6.20 Å². The number of rotatable bonds is 9.